The molecule has 3 atom stereocenters. The highest BCUT2D eigenvalue weighted by Crippen LogP contribution is 2.42. The van der Waals surface area contributed by atoms with Gasteiger partial charge in [0.25, 0.3) is 0 Å². The number of carboxylic acids is 1. The maximum absolute atomic E-state index is 13.8. The van der Waals surface area contributed by atoms with E-state index in [4.69, 9.17) is 0 Å². The van der Waals surface area contributed by atoms with Crippen LogP contribution < -0.4 is 5.32 Å². The van der Waals surface area contributed by atoms with Gasteiger partial charge in [0.15, 0.2) is 0 Å². The first-order valence-corrected chi connectivity index (χ1v) is 7.06. The van der Waals surface area contributed by atoms with Gasteiger partial charge >= 0.3 is 12.0 Å². The number of carboxylic acid groups (broad SMARTS) is 1. The maximum Gasteiger partial charge on any atom is 0.322 e. The third-order valence-corrected chi connectivity index (χ3v) is 4.54. The molecule has 1 aromatic rings. The summed E-state index contributed by atoms with van der Waals surface area (Å²) in [5, 5.41) is 11.8. The van der Waals surface area contributed by atoms with Crippen LogP contribution in [0.1, 0.15) is 24.8 Å². The molecule has 2 aliphatic rings. The largest absolute Gasteiger partial charge is 0.481 e. The van der Waals surface area contributed by atoms with Crippen LogP contribution in [-0.4, -0.2) is 34.1 Å². The third kappa shape index (κ3) is 2.24. The van der Waals surface area contributed by atoms with Crippen LogP contribution in [0.15, 0.2) is 18.2 Å². The van der Waals surface area contributed by atoms with Gasteiger partial charge in [0.2, 0.25) is 0 Å². The minimum atomic E-state index is -0.859. The van der Waals surface area contributed by atoms with Gasteiger partial charge in [-0.1, -0.05) is 12.1 Å². The Morgan fingerprint density at radius 1 is 1.38 bits per heavy atom. The van der Waals surface area contributed by atoms with Crippen LogP contribution in [0.3, 0.4) is 0 Å². The second-order valence-electron chi connectivity index (χ2n) is 5.75. The molecular weight excluding hydrogens is 275 g/mol. The fourth-order valence-corrected chi connectivity index (χ4v) is 3.53. The molecule has 0 aliphatic carbocycles. The number of carbonyl (C=O) groups is 2. The Kier molecular flexibility index (Phi) is 3.31. The van der Waals surface area contributed by atoms with Crippen molar-refractivity contribution in [3.63, 3.8) is 0 Å². The molecule has 2 amide bonds. The van der Waals surface area contributed by atoms with Gasteiger partial charge < -0.3 is 15.3 Å². The first kappa shape index (κ1) is 13.9. The molecule has 2 heterocycles. The van der Waals surface area contributed by atoms with Crippen molar-refractivity contribution in [3.8, 4) is 0 Å². The van der Waals surface area contributed by atoms with Gasteiger partial charge in [-0.25, -0.2) is 9.18 Å². The molecule has 5 nitrogen and oxygen atoms in total. The Morgan fingerprint density at radius 3 is 2.76 bits per heavy atom. The number of halogens is 1. The average molecular weight is 292 g/mol. The van der Waals surface area contributed by atoms with Crippen molar-refractivity contribution < 1.29 is 19.1 Å². The van der Waals surface area contributed by atoms with Crippen LogP contribution in [-0.2, 0) is 4.79 Å². The van der Waals surface area contributed by atoms with Gasteiger partial charge in [-0.05, 0) is 37.8 Å². The van der Waals surface area contributed by atoms with E-state index < -0.39 is 23.7 Å². The number of amides is 2. The maximum atomic E-state index is 13.8. The summed E-state index contributed by atoms with van der Waals surface area (Å²) in [6.45, 7) is 1.72. The summed E-state index contributed by atoms with van der Waals surface area (Å²) in [5.74, 6) is -1.84. The van der Waals surface area contributed by atoms with Crippen LogP contribution in [0.5, 0.6) is 0 Å². The minimum absolute atomic E-state index is 0.0526. The molecule has 0 aromatic heterocycles. The van der Waals surface area contributed by atoms with Gasteiger partial charge in [0, 0.05) is 12.1 Å². The van der Waals surface area contributed by atoms with E-state index in [1.54, 1.807) is 24.0 Å². The summed E-state index contributed by atoms with van der Waals surface area (Å²) >= 11 is 0. The summed E-state index contributed by atoms with van der Waals surface area (Å²) in [7, 11) is 0. The second-order valence-corrected chi connectivity index (χ2v) is 5.75. The van der Waals surface area contributed by atoms with Crippen molar-refractivity contribution in [1.29, 1.82) is 0 Å². The number of aliphatic carboxylic acids is 1. The van der Waals surface area contributed by atoms with E-state index in [0.717, 1.165) is 6.42 Å². The lowest BCUT2D eigenvalue weighted by Crippen LogP contribution is -2.40. The van der Waals surface area contributed by atoms with E-state index in [9.17, 15) is 19.1 Å². The monoisotopic (exact) mass is 292 g/mol. The summed E-state index contributed by atoms with van der Waals surface area (Å²) in [5.41, 5.74) is 0.811. The molecule has 2 N–H and O–H groups in total. The molecule has 0 spiro atoms. The standard InChI is InChI=1S/C15H17FN2O3/c1-8-3-2-4-11(16)13(8)17-15(21)18-9-5-6-12(18)10(7-9)14(19)20/h2-4,9-10,12H,5-7H2,1H3,(H,17,21)(H,19,20). The zero-order chi connectivity index (χ0) is 15.1. The van der Waals surface area contributed by atoms with Crippen molar-refractivity contribution in [3.05, 3.63) is 29.6 Å². The first-order valence-electron chi connectivity index (χ1n) is 7.06. The van der Waals surface area contributed by atoms with Gasteiger partial charge in [0.05, 0.1) is 11.6 Å². The summed E-state index contributed by atoms with van der Waals surface area (Å²) in [4.78, 5) is 25.2. The Balaban J connectivity index is 1.79. The lowest BCUT2D eigenvalue weighted by Gasteiger charge is -2.24. The van der Waals surface area contributed by atoms with Crippen molar-refractivity contribution in [2.24, 2.45) is 5.92 Å². The molecule has 21 heavy (non-hydrogen) atoms. The molecule has 3 rings (SSSR count). The summed E-state index contributed by atoms with van der Waals surface area (Å²) in [6.07, 6.45) is 2.01. The van der Waals surface area contributed by atoms with Crippen molar-refractivity contribution >= 4 is 17.7 Å². The fourth-order valence-electron chi connectivity index (χ4n) is 3.53. The fraction of sp³-hybridized carbons (Fsp3) is 0.467. The number of nitrogens with one attached hydrogen (secondary N) is 1. The zero-order valence-electron chi connectivity index (χ0n) is 11.7. The topological polar surface area (TPSA) is 69.6 Å². The van der Waals surface area contributed by atoms with Crippen molar-refractivity contribution in [2.75, 3.05) is 5.32 Å². The lowest BCUT2D eigenvalue weighted by molar-refractivity contribution is -0.142. The molecule has 2 aliphatic heterocycles. The number of rotatable bonds is 2. The van der Waals surface area contributed by atoms with Crippen LogP contribution in [0.25, 0.3) is 0 Å². The van der Waals surface area contributed by atoms with Gasteiger partial charge in [-0.3, -0.25) is 4.79 Å². The predicted octanol–water partition coefficient (Wildman–Crippen LogP) is 2.60. The highest BCUT2D eigenvalue weighted by Gasteiger charge is 2.51. The molecular formula is C15H17FN2O3. The molecule has 112 valence electrons. The number of urea groups is 1. The number of hydrogen-bond acceptors (Lipinski definition) is 2. The summed E-state index contributed by atoms with van der Waals surface area (Å²) < 4.78 is 13.8. The minimum Gasteiger partial charge on any atom is -0.481 e. The number of aryl methyl sites for hydroxylation is 1. The van der Waals surface area contributed by atoms with E-state index in [-0.39, 0.29) is 17.8 Å². The molecule has 2 saturated heterocycles. The molecule has 1 aromatic carbocycles. The molecule has 0 saturated carbocycles. The highest BCUT2D eigenvalue weighted by molar-refractivity contribution is 5.92. The quantitative estimate of drug-likeness (QED) is 0.880. The molecule has 2 fully saturated rings. The van der Waals surface area contributed by atoms with E-state index >= 15 is 0 Å². The Morgan fingerprint density at radius 2 is 2.14 bits per heavy atom. The van der Waals surface area contributed by atoms with E-state index in [0.29, 0.717) is 18.4 Å². The number of carbonyl (C=O) groups excluding carboxylic acids is 1. The van der Waals surface area contributed by atoms with Crippen LogP contribution >= 0.6 is 0 Å². The Bertz CT molecular complexity index is 584. The van der Waals surface area contributed by atoms with Crippen molar-refractivity contribution in [1.82, 2.24) is 4.90 Å². The van der Waals surface area contributed by atoms with E-state index in [1.807, 2.05) is 0 Å². The average Bonchev–Trinajstić information content (AvgIpc) is 3.00. The zero-order valence-corrected chi connectivity index (χ0v) is 11.7. The molecule has 0 radical (unpaired) electrons. The van der Waals surface area contributed by atoms with E-state index in [1.165, 1.54) is 6.07 Å². The smallest absolute Gasteiger partial charge is 0.322 e. The number of para-hydroxylation sites is 1. The van der Waals surface area contributed by atoms with Gasteiger partial charge in [-0.2, -0.15) is 0 Å². The SMILES string of the molecule is Cc1cccc(F)c1NC(=O)N1C2CCC1C(C(=O)O)C2. The Labute approximate surface area is 121 Å². The predicted molar refractivity (Wildman–Crippen MR) is 74.5 cm³/mol. The number of anilines is 1. The molecule has 2 bridgehead atoms. The molecule has 3 unspecified atom stereocenters. The highest BCUT2D eigenvalue weighted by atomic mass is 19.1. The van der Waals surface area contributed by atoms with Crippen LogP contribution in [0.2, 0.25) is 0 Å². The van der Waals surface area contributed by atoms with Crippen LogP contribution in [0, 0.1) is 18.7 Å². The van der Waals surface area contributed by atoms with E-state index in [2.05, 4.69) is 5.32 Å². The first-order chi connectivity index (χ1) is 9.99. The number of fused-ring (bicyclic) bond motifs is 2. The molecule has 6 heteroatoms. The Hall–Kier alpha value is -2.11. The number of benzene rings is 1. The number of nitrogens with zero attached hydrogens (tertiary/aromatic N) is 1. The third-order valence-electron chi connectivity index (χ3n) is 4.54. The second kappa shape index (κ2) is 5.02. The number of hydrogen-bond donors (Lipinski definition) is 2. The summed E-state index contributed by atoms with van der Waals surface area (Å²) in [6, 6.07) is 3.86. The van der Waals surface area contributed by atoms with Crippen molar-refractivity contribution in [2.45, 2.75) is 38.3 Å². The van der Waals surface area contributed by atoms with Crippen LogP contribution in [0.4, 0.5) is 14.9 Å². The van der Waals surface area contributed by atoms with Gasteiger partial charge in [0.1, 0.15) is 5.82 Å². The lowest BCUT2D eigenvalue weighted by atomic mass is 9.89. The van der Waals surface area contributed by atoms with Gasteiger partial charge in [-0.15, -0.1) is 0 Å². The normalized spacial score (nSPS) is 27.0.